The van der Waals surface area contributed by atoms with Gasteiger partial charge in [-0.3, -0.25) is 0 Å². The lowest BCUT2D eigenvalue weighted by atomic mass is 9.90. The molecular formula is C14H20ClNO2. The van der Waals surface area contributed by atoms with Gasteiger partial charge in [-0.1, -0.05) is 37.9 Å². The quantitative estimate of drug-likeness (QED) is 0.797. The van der Waals surface area contributed by atoms with Gasteiger partial charge in [-0.2, -0.15) is 0 Å². The minimum atomic E-state index is -0.672. The molecule has 0 spiro atoms. The molecule has 0 aromatic heterocycles. The average molecular weight is 270 g/mol. The van der Waals surface area contributed by atoms with Crippen LogP contribution in [0, 0.1) is 0 Å². The summed E-state index contributed by atoms with van der Waals surface area (Å²) >= 11 is 5.95. The third kappa shape index (κ3) is 3.39. The smallest absolute Gasteiger partial charge is 0.331 e. The van der Waals surface area contributed by atoms with Crippen molar-refractivity contribution < 1.29 is 9.53 Å². The van der Waals surface area contributed by atoms with E-state index in [-0.39, 0.29) is 5.97 Å². The van der Waals surface area contributed by atoms with Crippen LogP contribution in [0.15, 0.2) is 24.3 Å². The zero-order valence-corrected chi connectivity index (χ0v) is 11.9. The number of nitrogens with one attached hydrogen (secondary N) is 1. The molecule has 0 saturated carbocycles. The van der Waals surface area contributed by atoms with E-state index in [9.17, 15) is 4.79 Å². The summed E-state index contributed by atoms with van der Waals surface area (Å²) in [6, 6.07) is 7.37. The number of hydrogen-bond donors (Lipinski definition) is 1. The van der Waals surface area contributed by atoms with E-state index < -0.39 is 5.54 Å². The molecule has 0 aliphatic rings. The van der Waals surface area contributed by atoms with Crippen molar-refractivity contribution in [2.75, 3.05) is 12.4 Å². The number of hydrogen-bond acceptors (Lipinski definition) is 3. The molecule has 0 radical (unpaired) electrons. The van der Waals surface area contributed by atoms with Crippen LogP contribution in [-0.2, 0) is 9.53 Å². The summed E-state index contributed by atoms with van der Waals surface area (Å²) < 4.78 is 4.93. The molecule has 0 bridgehead atoms. The number of ether oxygens (including phenoxy) is 1. The summed E-state index contributed by atoms with van der Waals surface area (Å²) in [5, 5.41) is 3.92. The molecule has 1 atom stereocenters. The van der Waals surface area contributed by atoms with Gasteiger partial charge >= 0.3 is 5.97 Å². The topological polar surface area (TPSA) is 38.3 Å². The minimum Gasteiger partial charge on any atom is -0.467 e. The number of carbonyl (C=O) groups excluding carboxylic acids is 1. The SMILES string of the molecule is CCCC(CC)(Nc1cccc(Cl)c1)C(=O)OC. The predicted octanol–water partition coefficient (Wildman–Crippen LogP) is 3.87. The molecule has 0 heterocycles. The first-order valence-electron chi connectivity index (χ1n) is 6.20. The van der Waals surface area contributed by atoms with Crippen molar-refractivity contribution >= 4 is 23.3 Å². The highest BCUT2D eigenvalue weighted by atomic mass is 35.5. The predicted molar refractivity (Wildman–Crippen MR) is 75.0 cm³/mol. The summed E-state index contributed by atoms with van der Waals surface area (Å²) in [7, 11) is 1.42. The zero-order chi connectivity index (χ0) is 13.6. The van der Waals surface area contributed by atoms with Crippen molar-refractivity contribution in [2.24, 2.45) is 0 Å². The molecule has 0 fully saturated rings. The molecule has 0 aliphatic carbocycles. The normalized spacial score (nSPS) is 13.8. The Kier molecular flexibility index (Phi) is 5.48. The van der Waals surface area contributed by atoms with Gasteiger partial charge in [0.05, 0.1) is 7.11 Å². The first-order chi connectivity index (χ1) is 8.57. The van der Waals surface area contributed by atoms with Gasteiger partial charge in [-0.15, -0.1) is 0 Å². The molecule has 100 valence electrons. The second-order valence-electron chi connectivity index (χ2n) is 4.31. The van der Waals surface area contributed by atoms with E-state index in [1.165, 1.54) is 7.11 Å². The Balaban J connectivity index is 3.00. The van der Waals surface area contributed by atoms with Gasteiger partial charge in [0.25, 0.3) is 0 Å². The molecule has 18 heavy (non-hydrogen) atoms. The van der Waals surface area contributed by atoms with E-state index in [2.05, 4.69) is 5.32 Å². The first kappa shape index (κ1) is 14.8. The van der Waals surface area contributed by atoms with E-state index in [1.54, 1.807) is 6.07 Å². The Morgan fingerprint density at radius 3 is 2.67 bits per heavy atom. The van der Waals surface area contributed by atoms with E-state index in [0.717, 1.165) is 18.5 Å². The monoisotopic (exact) mass is 269 g/mol. The number of esters is 1. The molecule has 1 aromatic carbocycles. The maximum absolute atomic E-state index is 12.0. The van der Waals surface area contributed by atoms with E-state index in [0.29, 0.717) is 11.4 Å². The summed E-state index contributed by atoms with van der Waals surface area (Å²) in [4.78, 5) is 12.0. The second kappa shape index (κ2) is 6.64. The lowest BCUT2D eigenvalue weighted by molar-refractivity contribution is -0.146. The Labute approximate surface area is 113 Å². The van der Waals surface area contributed by atoms with Crippen LogP contribution in [0.1, 0.15) is 33.1 Å². The maximum Gasteiger partial charge on any atom is 0.331 e. The Morgan fingerprint density at radius 1 is 1.44 bits per heavy atom. The van der Waals surface area contributed by atoms with Crippen molar-refractivity contribution in [2.45, 2.75) is 38.6 Å². The third-order valence-corrected chi connectivity index (χ3v) is 3.30. The molecule has 0 amide bonds. The summed E-state index contributed by atoms with van der Waals surface area (Å²) in [6.07, 6.45) is 2.29. The van der Waals surface area contributed by atoms with Gasteiger partial charge in [0, 0.05) is 10.7 Å². The number of halogens is 1. The highest BCUT2D eigenvalue weighted by molar-refractivity contribution is 6.30. The molecule has 1 rings (SSSR count). The molecule has 1 N–H and O–H groups in total. The first-order valence-corrected chi connectivity index (χ1v) is 6.58. The van der Waals surface area contributed by atoms with Crippen molar-refractivity contribution in [1.82, 2.24) is 0 Å². The molecule has 3 nitrogen and oxygen atoms in total. The summed E-state index contributed by atoms with van der Waals surface area (Å²) in [5.41, 5.74) is 0.164. The summed E-state index contributed by atoms with van der Waals surface area (Å²) in [5.74, 6) is -0.230. The fourth-order valence-electron chi connectivity index (χ4n) is 2.09. The lowest BCUT2D eigenvalue weighted by Crippen LogP contribution is -2.46. The minimum absolute atomic E-state index is 0.230. The van der Waals surface area contributed by atoms with Gasteiger partial charge in [0.1, 0.15) is 5.54 Å². The van der Waals surface area contributed by atoms with Crippen molar-refractivity contribution in [3.05, 3.63) is 29.3 Å². The number of methoxy groups -OCH3 is 1. The molecule has 1 unspecified atom stereocenters. The van der Waals surface area contributed by atoms with E-state index in [1.807, 2.05) is 32.0 Å². The third-order valence-electron chi connectivity index (χ3n) is 3.06. The van der Waals surface area contributed by atoms with Crippen LogP contribution in [0.2, 0.25) is 5.02 Å². The van der Waals surface area contributed by atoms with Crippen LogP contribution in [0.3, 0.4) is 0 Å². The van der Waals surface area contributed by atoms with Gasteiger partial charge in [-0.25, -0.2) is 4.79 Å². The van der Waals surface area contributed by atoms with Crippen LogP contribution in [-0.4, -0.2) is 18.6 Å². The fourth-order valence-corrected chi connectivity index (χ4v) is 2.28. The molecule has 1 aromatic rings. The number of carbonyl (C=O) groups is 1. The average Bonchev–Trinajstić information content (AvgIpc) is 2.37. The van der Waals surface area contributed by atoms with Crippen LogP contribution < -0.4 is 5.32 Å². The largest absolute Gasteiger partial charge is 0.467 e. The second-order valence-corrected chi connectivity index (χ2v) is 4.75. The summed E-state index contributed by atoms with van der Waals surface area (Å²) in [6.45, 7) is 4.02. The van der Waals surface area contributed by atoms with Gasteiger partial charge in [0.2, 0.25) is 0 Å². The van der Waals surface area contributed by atoms with E-state index >= 15 is 0 Å². The number of benzene rings is 1. The zero-order valence-electron chi connectivity index (χ0n) is 11.1. The lowest BCUT2D eigenvalue weighted by Gasteiger charge is -2.31. The van der Waals surface area contributed by atoms with Crippen molar-refractivity contribution in [3.63, 3.8) is 0 Å². The van der Waals surface area contributed by atoms with Crippen LogP contribution in [0.5, 0.6) is 0 Å². The van der Waals surface area contributed by atoms with Crippen molar-refractivity contribution in [3.8, 4) is 0 Å². The Bertz CT molecular complexity index is 409. The maximum atomic E-state index is 12.0. The van der Waals surface area contributed by atoms with E-state index in [4.69, 9.17) is 16.3 Å². The fraction of sp³-hybridized carbons (Fsp3) is 0.500. The van der Waals surface area contributed by atoms with Crippen LogP contribution in [0.4, 0.5) is 5.69 Å². The molecule has 4 heteroatoms. The van der Waals surface area contributed by atoms with Gasteiger partial charge < -0.3 is 10.1 Å². The standard InChI is InChI=1S/C14H20ClNO2/c1-4-9-14(5-2,13(17)18-3)16-12-8-6-7-11(15)10-12/h6-8,10,16H,4-5,9H2,1-3H3. The highest BCUT2D eigenvalue weighted by Crippen LogP contribution is 2.26. The number of anilines is 1. The number of rotatable bonds is 6. The van der Waals surface area contributed by atoms with Crippen LogP contribution in [0.25, 0.3) is 0 Å². The highest BCUT2D eigenvalue weighted by Gasteiger charge is 2.36. The Hall–Kier alpha value is -1.22. The van der Waals surface area contributed by atoms with Crippen molar-refractivity contribution in [1.29, 1.82) is 0 Å². The molecular weight excluding hydrogens is 250 g/mol. The van der Waals surface area contributed by atoms with Crippen LogP contribution >= 0.6 is 11.6 Å². The molecule has 0 saturated heterocycles. The van der Waals surface area contributed by atoms with Gasteiger partial charge in [0.15, 0.2) is 0 Å². The Morgan fingerprint density at radius 2 is 2.17 bits per heavy atom. The molecule has 0 aliphatic heterocycles. The van der Waals surface area contributed by atoms with Gasteiger partial charge in [-0.05, 0) is 31.0 Å².